The predicted octanol–water partition coefficient (Wildman–Crippen LogP) is -6.72. The number of hydrogen-bond donors (Lipinski definition) is 10. The summed E-state index contributed by atoms with van der Waals surface area (Å²) in [7, 11) is -5.01. The molecular weight excluding hydrogens is 536 g/mol. The second-order valence-electron chi connectivity index (χ2n) is 8.85. The Morgan fingerprint density at radius 3 is 1.86 bits per heavy atom. The number of ether oxygens (including phenoxy) is 5. The van der Waals surface area contributed by atoms with E-state index >= 15 is 0 Å². The van der Waals surface area contributed by atoms with Gasteiger partial charge in [0.2, 0.25) is 0 Å². The van der Waals surface area contributed by atoms with E-state index in [2.05, 4.69) is 4.18 Å². The van der Waals surface area contributed by atoms with Crippen molar-refractivity contribution in [2.75, 3.05) is 13.2 Å². The molecule has 3 heterocycles. The van der Waals surface area contributed by atoms with Gasteiger partial charge >= 0.3 is 10.4 Å². The van der Waals surface area contributed by atoms with E-state index in [4.69, 9.17) is 28.2 Å². The highest BCUT2D eigenvalue weighted by atomic mass is 32.3. The highest BCUT2D eigenvalue weighted by Crippen LogP contribution is 2.32. The molecule has 0 aromatic heterocycles. The summed E-state index contributed by atoms with van der Waals surface area (Å²) in [5, 5.41) is 91.0. The maximum absolute atomic E-state index is 11.0. The molecule has 0 spiro atoms. The first-order chi connectivity index (χ1) is 17.2. The molecular formula is C18H32O18S. The van der Waals surface area contributed by atoms with Crippen LogP contribution < -0.4 is 0 Å². The number of rotatable bonds is 8. The normalized spacial score (nSPS) is 49.6. The molecule has 3 aliphatic rings. The van der Waals surface area contributed by atoms with Crippen molar-refractivity contribution in [3.63, 3.8) is 0 Å². The zero-order valence-electron chi connectivity index (χ0n) is 19.2. The van der Waals surface area contributed by atoms with Crippen molar-refractivity contribution < 1.29 is 86.8 Å². The molecule has 0 amide bonds. The molecule has 15 atom stereocenters. The van der Waals surface area contributed by atoms with Gasteiger partial charge in [0.05, 0.1) is 19.3 Å². The number of aliphatic hydroxyl groups is 9. The number of hydrogen-bond acceptors (Lipinski definition) is 17. The third kappa shape index (κ3) is 6.91. The minimum atomic E-state index is -5.01. The van der Waals surface area contributed by atoms with E-state index < -0.39 is 116 Å². The molecule has 3 fully saturated rings. The molecule has 37 heavy (non-hydrogen) atoms. The second-order valence-corrected chi connectivity index (χ2v) is 9.94. The van der Waals surface area contributed by atoms with Crippen LogP contribution in [0.5, 0.6) is 0 Å². The van der Waals surface area contributed by atoms with Crippen molar-refractivity contribution in [3.8, 4) is 0 Å². The van der Waals surface area contributed by atoms with E-state index in [0.717, 1.165) is 0 Å². The standard InChI is InChI=1S/C18H32O18S/c1-4-7(20)9(22)13(26)17(32-4)36-15-10(23)8(21)6(3-31-37(28,29)30)34-18(15)35-14-5(2-19)33-16(27)12(25)11(14)24/h4-27H,2-3H2,1H3,(H,28,29,30)/t4-,5+,6+,7+,8-,9+,10-,11+,12+,13-,14+,15+,16?,17-,18-/m0/s1. The zero-order valence-corrected chi connectivity index (χ0v) is 20.0. The van der Waals surface area contributed by atoms with Crippen molar-refractivity contribution in [3.05, 3.63) is 0 Å². The summed E-state index contributed by atoms with van der Waals surface area (Å²) >= 11 is 0. The van der Waals surface area contributed by atoms with Crippen LogP contribution in [0.25, 0.3) is 0 Å². The summed E-state index contributed by atoms with van der Waals surface area (Å²) < 4.78 is 61.7. The molecule has 18 nitrogen and oxygen atoms in total. The van der Waals surface area contributed by atoms with Gasteiger partial charge < -0.3 is 69.6 Å². The second kappa shape index (κ2) is 12.2. The van der Waals surface area contributed by atoms with E-state index in [1.54, 1.807) is 0 Å². The Balaban J connectivity index is 1.87. The van der Waals surface area contributed by atoms with Crippen LogP contribution in [-0.4, -0.2) is 164 Å². The van der Waals surface area contributed by atoms with Crippen LogP contribution in [-0.2, 0) is 38.3 Å². The minimum absolute atomic E-state index is 0.851. The van der Waals surface area contributed by atoms with Crippen LogP contribution in [0.15, 0.2) is 0 Å². The Morgan fingerprint density at radius 1 is 0.676 bits per heavy atom. The zero-order chi connectivity index (χ0) is 27.8. The molecule has 10 N–H and O–H groups in total. The Labute approximate surface area is 210 Å². The van der Waals surface area contributed by atoms with Crippen molar-refractivity contribution in [1.29, 1.82) is 0 Å². The molecule has 0 aromatic rings. The fourth-order valence-electron chi connectivity index (χ4n) is 4.12. The van der Waals surface area contributed by atoms with Crippen molar-refractivity contribution in [2.45, 2.75) is 99.0 Å². The average molecular weight is 569 g/mol. The van der Waals surface area contributed by atoms with Crippen LogP contribution in [0.3, 0.4) is 0 Å². The molecule has 0 bridgehead atoms. The van der Waals surface area contributed by atoms with E-state index in [1.165, 1.54) is 6.92 Å². The van der Waals surface area contributed by atoms with Gasteiger partial charge in [0, 0.05) is 0 Å². The Kier molecular flexibility index (Phi) is 10.2. The van der Waals surface area contributed by atoms with Gasteiger partial charge in [0.25, 0.3) is 0 Å². The van der Waals surface area contributed by atoms with Gasteiger partial charge in [-0.2, -0.15) is 8.42 Å². The molecule has 0 radical (unpaired) electrons. The lowest BCUT2D eigenvalue weighted by Gasteiger charge is -2.48. The summed E-state index contributed by atoms with van der Waals surface area (Å²) in [5.74, 6) is 0. The van der Waals surface area contributed by atoms with E-state index in [1.807, 2.05) is 0 Å². The maximum atomic E-state index is 11.0. The van der Waals surface area contributed by atoms with Crippen molar-refractivity contribution >= 4 is 10.4 Å². The molecule has 0 aromatic carbocycles. The van der Waals surface area contributed by atoms with E-state index in [-0.39, 0.29) is 0 Å². The topological polar surface area (TPSA) is 292 Å². The Hall–Kier alpha value is -0.690. The van der Waals surface area contributed by atoms with Crippen LogP contribution in [0.2, 0.25) is 0 Å². The van der Waals surface area contributed by atoms with Gasteiger partial charge in [-0.1, -0.05) is 0 Å². The molecule has 218 valence electrons. The van der Waals surface area contributed by atoms with Crippen molar-refractivity contribution in [2.24, 2.45) is 0 Å². The van der Waals surface area contributed by atoms with E-state index in [9.17, 15) is 54.4 Å². The molecule has 19 heteroatoms. The maximum Gasteiger partial charge on any atom is 0.397 e. The van der Waals surface area contributed by atoms with Gasteiger partial charge in [0.15, 0.2) is 18.9 Å². The Bertz CT molecular complexity index is 843. The lowest BCUT2D eigenvalue weighted by Crippen LogP contribution is -2.66. The van der Waals surface area contributed by atoms with Gasteiger partial charge in [0.1, 0.15) is 67.1 Å². The minimum Gasteiger partial charge on any atom is -0.394 e. The molecule has 3 aliphatic heterocycles. The Morgan fingerprint density at radius 2 is 1.27 bits per heavy atom. The van der Waals surface area contributed by atoms with Gasteiger partial charge in [-0.3, -0.25) is 4.55 Å². The van der Waals surface area contributed by atoms with Crippen LogP contribution >= 0.6 is 0 Å². The fourth-order valence-corrected chi connectivity index (χ4v) is 4.43. The molecule has 0 saturated carbocycles. The average Bonchev–Trinajstić information content (AvgIpc) is 2.83. The molecule has 0 aliphatic carbocycles. The van der Waals surface area contributed by atoms with Crippen LogP contribution in [0.4, 0.5) is 0 Å². The lowest BCUT2D eigenvalue weighted by atomic mass is 9.96. The first kappa shape index (κ1) is 30.8. The van der Waals surface area contributed by atoms with Crippen LogP contribution in [0.1, 0.15) is 6.92 Å². The monoisotopic (exact) mass is 568 g/mol. The first-order valence-corrected chi connectivity index (χ1v) is 12.5. The molecule has 3 saturated heterocycles. The number of aliphatic hydroxyl groups excluding tert-OH is 9. The first-order valence-electron chi connectivity index (χ1n) is 11.1. The predicted molar refractivity (Wildman–Crippen MR) is 110 cm³/mol. The van der Waals surface area contributed by atoms with Crippen molar-refractivity contribution in [1.82, 2.24) is 0 Å². The summed E-state index contributed by atoms with van der Waals surface area (Å²) in [6, 6.07) is 0. The summed E-state index contributed by atoms with van der Waals surface area (Å²) in [6.07, 6.45) is -26.3. The third-order valence-electron chi connectivity index (χ3n) is 6.26. The quantitative estimate of drug-likeness (QED) is 0.122. The summed E-state index contributed by atoms with van der Waals surface area (Å²) in [5.41, 5.74) is 0. The SMILES string of the molecule is C[C@@H]1O[C@@H](O[C@H]2[C@H](O[C@H]3[C@H](O)[C@@H](O)C(O)O[C@@H]3CO)O[C@H](COS(=O)(=O)O)[C@H](O)[C@@H]2O)[C@@H](O)[C@H](O)[C@@H]1O. The smallest absolute Gasteiger partial charge is 0.394 e. The van der Waals surface area contributed by atoms with Crippen LogP contribution in [0, 0.1) is 0 Å². The third-order valence-corrected chi connectivity index (χ3v) is 6.69. The molecule has 1 unspecified atom stereocenters. The largest absolute Gasteiger partial charge is 0.397 e. The van der Waals surface area contributed by atoms with Gasteiger partial charge in [-0.15, -0.1) is 0 Å². The summed E-state index contributed by atoms with van der Waals surface area (Å²) in [4.78, 5) is 0. The lowest BCUT2D eigenvalue weighted by molar-refractivity contribution is -0.385. The highest BCUT2D eigenvalue weighted by Gasteiger charge is 2.53. The fraction of sp³-hybridized carbons (Fsp3) is 1.00. The molecule has 3 rings (SSSR count). The van der Waals surface area contributed by atoms with Gasteiger partial charge in [-0.25, -0.2) is 4.18 Å². The van der Waals surface area contributed by atoms with E-state index in [0.29, 0.717) is 0 Å². The van der Waals surface area contributed by atoms with Gasteiger partial charge in [-0.05, 0) is 6.92 Å². The highest BCUT2D eigenvalue weighted by molar-refractivity contribution is 7.80. The summed E-state index contributed by atoms with van der Waals surface area (Å²) in [6.45, 7) is -0.553.